The molecule has 14 heavy (non-hydrogen) atoms. The van der Waals surface area contributed by atoms with Crippen LogP contribution in [0.25, 0.3) is 0 Å². The van der Waals surface area contributed by atoms with E-state index in [0.29, 0.717) is 0 Å². The minimum absolute atomic E-state index is 0.0523. The van der Waals surface area contributed by atoms with Gasteiger partial charge in [-0.15, -0.1) is 0 Å². The lowest BCUT2D eigenvalue weighted by Gasteiger charge is -2.01. The Morgan fingerprint density at radius 2 is 2.29 bits per heavy atom. The number of aryl methyl sites for hydroxylation is 1. The third-order valence-corrected chi connectivity index (χ3v) is 3.41. The molecule has 0 aromatic carbocycles. The van der Waals surface area contributed by atoms with Crippen molar-refractivity contribution in [1.82, 2.24) is 9.97 Å². The molecule has 0 aliphatic rings. The molecule has 0 amide bonds. The predicted molar refractivity (Wildman–Crippen MR) is 63.3 cm³/mol. The highest BCUT2D eigenvalue weighted by atomic mass is 32.2. The molecule has 1 aromatic rings. The fourth-order valence-electron chi connectivity index (χ4n) is 0.955. The van der Waals surface area contributed by atoms with Gasteiger partial charge in [0.15, 0.2) is 5.16 Å². The summed E-state index contributed by atoms with van der Waals surface area (Å²) in [5.41, 5.74) is 0.809. The molecule has 0 saturated heterocycles. The number of aromatic amines is 1. The van der Waals surface area contributed by atoms with E-state index in [2.05, 4.69) is 16.2 Å². The summed E-state index contributed by atoms with van der Waals surface area (Å²) in [6.07, 6.45) is 2.87. The number of rotatable bonds is 5. The Morgan fingerprint density at radius 1 is 1.50 bits per heavy atom. The maximum absolute atomic E-state index is 11.2. The van der Waals surface area contributed by atoms with Crippen LogP contribution >= 0.6 is 23.5 Å². The summed E-state index contributed by atoms with van der Waals surface area (Å²) in [5.74, 6) is 2.06. The summed E-state index contributed by atoms with van der Waals surface area (Å²) >= 11 is 3.40. The maximum atomic E-state index is 11.2. The largest absolute Gasteiger partial charge is 0.301 e. The number of nitrogens with zero attached hydrogens (tertiary/aromatic N) is 1. The van der Waals surface area contributed by atoms with Gasteiger partial charge in [0.1, 0.15) is 0 Å². The van der Waals surface area contributed by atoms with Gasteiger partial charge in [-0.25, -0.2) is 4.98 Å². The minimum Gasteiger partial charge on any atom is -0.301 e. The Kier molecular flexibility index (Phi) is 5.11. The van der Waals surface area contributed by atoms with Gasteiger partial charge < -0.3 is 4.98 Å². The maximum Gasteiger partial charge on any atom is 0.251 e. The van der Waals surface area contributed by atoms with Gasteiger partial charge in [-0.1, -0.05) is 18.7 Å². The van der Waals surface area contributed by atoms with Crippen LogP contribution in [0.2, 0.25) is 0 Å². The predicted octanol–water partition coefficient (Wildman–Crippen LogP) is 1.79. The molecule has 0 aliphatic heterocycles. The van der Waals surface area contributed by atoms with Crippen molar-refractivity contribution in [2.75, 3.05) is 17.8 Å². The lowest BCUT2D eigenvalue weighted by Crippen LogP contribution is -2.09. The van der Waals surface area contributed by atoms with E-state index in [9.17, 15) is 4.79 Å². The minimum atomic E-state index is -0.0523. The zero-order valence-electron chi connectivity index (χ0n) is 8.37. The molecule has 78 valence electrons. The summed E-state index contributed by atoms with van der Waals surface area (Å²) in [6, 6.07) is 1.55. The number of H-pyrrole nitrogens is 1. The normalized spacial score (nSPS) is 10.4. The molecule has 0 radical (unpaired) electrons. The molecule has 0 bridgehead atoms. The zero-order chi connectivity index (χ0) is 10.4. The van der Waals surface area contributed by atoms with E-state index < -0.39 is 0 Å². The molecule has 3 nitrogen and oxygen atoms in total. The van der Waals surface area contributed by atoms with Crippen LogP contribution in [0.3, 0.4) is 0 Å². The van der Waals surface area contributed by atoms with Crippen LogP contribution in [0.5, 0.6) is 0 Å². The van der Waals surface area contributed by atoms with Gasteiger partial charge in [-0.05, 0) is 12.7 Å². The molecule has 0 fully saturated rings. The molecule has 5 heteroatoms. The van der Waals surface area contributed by atoms with Crippen LogP contribution in [0.1, 0.15) is 12.6 Å². The van der Waals surface area contributed by atoms with Crippen molar-refractivity contribution in [2.24, 2.45) is 0 Å². The molecule has 0 saturated carbocycles. The third kappa shape index (κ3) is 3.75. The van der Waals surface area contributed by atoms with Crippen molar-refractivity contribution in [1.29, 1.82) is 0 Å². The van der Waals surface area contributed by atoms with Crippen molar-refractivity contribution in [3.05, 3.63) is 22.1 Å². The Hall–Kier alpha value is -0.420. The number of hydrogen-bond donors (Lipinski definition) is 1. The first-order chi connectivity index (χ1) is 6.76. The van der Waals surface area contributed by atoms with Crippen LogP contribution in [-0.2, 0) is 6.42 Å². The van der Waals surface area contributed by atoms with E-state index in [0.717, 1.165) is 28.8 Å². The molecule has 0 atom stereocenters. The van der Waals surface area contributed by atoms with Crippen LogP contribution < -0.4 is 5.56 Å². The number of aromatic nitrogens is 2. The highest BCUT2D eigenvalue weighted by Gasteiger charge is 1.99. The zero-order valence-corrected chi connectivity index (χ0v) is 10.0. The van der Waals surface area contributed by atoms with E-state index in [1.807, 2.05) is 6.92 Å². The first-order valence-corrected chi connectivity index (χ1v) is 6.86. The lowest BCUT2D eigenvalue weighted by molar-refractivity contribution is 0.869. The van der Waals surface area contributed by atoms with Crippen LogP contribution in [-0.4, -0.2) is 27.7 Å². The number of nitrogens with one attached hydrogen (secondary N) is 1. The Bertz CT molecular complexity index is 338. The number of hydrogen-bond acceptors (Lipinski definition) is 4. The molecular formula is C9H14N2OS2. The Morgan fingerprint density at radius 3 is 2.93 bits per heavy atom. The van der Waals surface area contributed by atoms with Crippen LogP contribution in [0, 0.1) is 0 Å². The van der Waals surface area contributed by atoms with Crippen LogP contribution in [0.4, 0.5) is 0 Å². The summed E-state index contributed by atoms with van der Waals surface area (Å²) in [5, 5.41) is 0.739. The van der Waals surface area contributed by atoms with Gasteiger partial charge in [-0.2, -0.15) is 11.8 Å². The number of thioether (sulfide) groups is 2. The van der Waals surface area contributed by atoms with Gasteiger partial charge >= 0.3 is 0 Å². The smallest absolute Gasteiger partial charge is 0.251 e. The summed E-state index contributed by atoms with van der Waals surface area (Å²) in [4.78, 5) is 18.2. The van der Waals surface area contributed by atoms with Gasteiger partial charge in [0, 0.05) is 23.3 Å². The van der Waals surface area contributed by atoms with Crippen molar-refractivity contribution in [3.8, 4) is 0 Å². The lowest BCUT2D eigenvalue weighted by atomic mass is 10.3. The van der Waals surface area contributed by atoms with E-state index in [1.54, 1.807) is 29.6 Å². The average molecular weight is 230 g/mol. The molecule has 0 aliphatic carbocycles. The topological polar surface area (TPSA) is 45.8 Å². The monoisotopic (exact) mass is 230 g/mol. The van der Waals surface area contributed by atoms with Crippen molar-refractivity contribution in [2.45, 2.75) is 18.5 Å². The second kappa shape index (κ2) is 6.14. The SMILES string of the molecule is CCc1cc(=O)[nH]c(SCCSC)n1. The molecule has 0 spiro atoms. The van der Waals surface area contributed by atoms with Crippen molar-refractivity contribution in [3.63, 3.8) is 0 Å². The second-order valence-corrected chi connectivity index (χ2v) is 4.81. The summed E-state index contributed by atoms with van der Waals surface area (Å²) < 4.78 is 0. The molecule has 1 rings (SSSR count). The van der Waals surface area contributed by atoms with Gasteiger partial charge in [0.25, 0.3) is 5.56 Å². The highest BCUT2D eigenvalue weighted by Crippen LogP contribution is 2.12. The standard InChI is InChI=1S/C9H14N2OS2/c1-3-7-6-8(12)11-9(10-7)14-5-4-13-2/h6H,3-5H2,1-2H3,(H,10,11,12). The fourth-order valence-corrected chi connectivity index (χ4v) is 2.50. The van der Waals surface area contributed by atoms with E-state index in [4.69, 9.17) is 0 Å². The Balaban J connectivity index is 2.67. The summed E-state index contributed by atoms with van der Waals surface area (Å²) in [7, 11) is 0. The van der Waals surface area contributed by atoms with Crippen LogP contribution in [0.15, 0.2) is 16.0 Å². The summed E-state index contributed by atoms with van der Waals surface area (Å²) in [6.45, 7) is 2.00. The van der Waals surface area contributed by atoms with E-state index >= 15 is 0 Å². The van der Waals surface area contributed by atoms with Crippen molar-refractivity contribution >= 4 is 23.5 Å². The third-order valence-electron chi connectivity index (χ3n) is 1.66. The molecule has 0 unspecified atom stereocenters. The molecule has 1 N–H and O–H groups in total. The Labute approximate surface area is 92.1 Å². The first-order valence-electron chi connectivity index (χ1n) is 4.48. The second-order valence-electron chi connectivity index (χ2n) is 2.74. The fraction of sp³-hybridized carbons (Fsp3) is 0.556. The van der Waals surface area contributed by atoms with Gasteiger partial charge in [0.05, 0.1) is 0 Å². The molecule has 1 aromatic heterocycles. The first kappa shape index (κ1) is 11.7. The highest BCUT2D eigenvalue weighted by molar-refractivity contribution is 8.02. The quantitative estimate of drug-likeness (QED) is 0.476. The van der Waals surface area contributed by atoms with E-state index in [-0.39, 0.29) is 5.56 Å². The molecule has 1 heterocycles. The van der Waals surface area contributed by atoms with Gasteiger partial charge in [-0.3, -0.25) is 4.79 Å². The van der Waals surface area contributed by atoms with Crippen molar-refractivity contribution < 1.29 is 0 Å². The average Bonchev–Trinajstić information content (AvgIpc) is 2.17. The molecular weight excluding hydrogens is 216 g/mol. The van der Waals surface area contributed by atoms with Gasteiger partial charge in [0.2, 0.25) is 0 Å². The van der Waals surface area contributed by atoms with E-state index in [1.165, 1.54) is 0 Å².